The van der Waals surface area contributed by atoms with Gasteiger partial charge < -0.3 is 15.4 Å². The lowest BCUT2D eigenvalue weighted by Crippen LogP contribution is -2.36. The van der Waals surface area contributed by atoms with E-state index in [0.717, 1.165) is 25.5 Å². The van der Waals surface area contributed by atoms with Gasteiger partial charge in [-0.15, -0.1) is 0 Å². The monoisotopic (exact) mass is 209 g/mol. The molecule has 2 unspecified atom stereocenters. The number of piperidine rings is 1. The van der Waals surface area contributed by atoms with E-state index in [1.165, 1.54) is 0 Å². The van der Waals surface area contributed by atoms with E-state index in [-0.39, 0.29) is 17.4 Å². The van der Waals surface area contributed by atoms with Crippen LogP contribution < -0.4 is 10.9 Å². The molecular formula is C10H15N3O2. The van der Waals surface area contributed by atoms with E-state index in [1.54, 1.807) is 0 Å². The average Bonchev–Trinajstić information content (AvgIpc) is 2.17. The average molecular weight is 209 g/mol. The Balaban J connectivity index is 2.19. The molecular weight excluding hydrogens is 194 g/mol. The third-order valence-electron chi connectivity index (χ3n) is 2.79. The molecule has 1 aromatic heterocycles. The molecule has 1 aliphatic rings. The summed E-state index contributed by atoms with van der Waals surface area (Å²) in [6.07, 6.45) is 2.05. The Morgan fingerprint density at radius 3 is 2.93 bits per heavy atom. The van der Waals surface area contributed by atoms with Crippen LogP contribution in [0, 0.1) is 0 Å². The second-order valence-corrected chi connectivity index (χ2v) is 4.07. The van der Waals surface area contributed by atoms with Crippen LogP contribution in [-0.2, 0) is 0 Å². The normalized spacial score (nSPS) is 26.5. The van der Waals surface area contributed by atoms with Crippen molar-refractivity contribution in [1.82, 2.24) is 15.3 Å². The minimum atomic E-state index is -0.295. The molecule has 5 nitrogen and oxygen atoms in total. The Bertz CT molecular complexity index is 394. The van der Waals surface area contributed by atoms with Gasteiger partial charge in [0.1, 0.15) is 5.82 Å². The molecule has 15 heavy (non-hydrogen) atoms. The Morgan fingerprint density at radius 2 is 2.33 bits per heavy atom. The molecule has 2 heterocycles. The van der Waals surface area contributed by atoms with Gasteiger partial charge in [-0.3, -0.25) is 4.79 Å². The van der Waals surface area contributed by atoms with Crippen LogP contribution in [0.3, 0.4) is 0 Å². The van der Waals surface area contributed by atoms with E-state index < -0.39 is 0 Å². The minimum Gasteiger partial charge on any atom is -0.493 e. The number of nitrogens with zero attached hydrogens (tertiary/aromatic N) is 1. The second kappa shape index (κ2) is 4.02. The summed E-state index contributed by atoms with van der Waals surface area (Å²) in [6, 6.07) is 1.60. The van der Waals surface area contributed by atoms with Gasteiger partial charge in [-0.05, 0) is 19.8 Å². The number of hydrogen-bond donors (Lipinski definition) is 3. The van der Waals surface area contributed by atoms with Gasteiger partial charge in [-0.2, -0.15) is 4.98 Å². The number of aromatic nitrogens is 2. The van der Waals surface area contributed by atoms with E-state index in [0.29, 0.717) is 11.9 Å². The van der Waals surface area contributed by atoms with Gasteiger partial charge in [0.25, 0.3) is 5.56 Å². The van der Waals surface area contributed by atoms with E-state index in [9.17, 15) is 9.90 Å². The number of rotatable bonds is 1. The van der Waals surface area contributed by atoms with Gasteiger partial charge in [0.15, 0.2) is 0 Å². The second-order valence-electron chi connectivity index (χ2n) is 4.07. The molecule has 0 amide bonds. The van der Waals surface area contributed by atoms with Gasteiger partial charge in [0, 0.05) is 18.5 Å². The van der Waals surface area contributed by atoms with Gasteiger partial charge in [0.2, 0.25) is 5.88 Å². The maximum absolute atomic E-state index is 11.1. The summed E-state index contributed by atoms with van der Waals surface area (Å²) in [7, 11) is 0. The van der Waals surface area contributed by atoms with Crippen molar-refractivity contribution in [1.29, 1.82) is 0 Å². The smallest absolute Gasteiger partial charge is 0.254 e. The molecule has 3 N–H and O–H groups in total. The maximum Gasteiger partial charge on any atom is 0.254 e. The summed E-state index contributed by atoms with van der Waals surface area (Å²) < 4.78 is 0. The van der Waals surface area contributed by atoms with Gasteiger partial charge in [0.05, 0.1) is 6.07 Å². The Labute approximate surface area is 87.6 Å². The lowest BCUT2D eigenvalue weighted by molar-refractivity contribution is 0.369. The fourth-order valence-electron chi connectivity index (χ4n) is 1.89. The summed E-state index contributed by atoms with van der Waals surface area (Å²) in [5.41, 5.74) is -0.295. The van der Waals surface area contributed by atoms with Crippen molar-refractivity contribution in [2.75, 3.05) is 6.54 Å². The molecule has 0 radical (unpaired) electrons. The molecule has 1 aliphatic heterocycles. The standard InChI is InChI=1S/C10H15N3O2/c1-6-2-3-7(5-11-6)10-12-8(14)4-9(15)13-10/h4,6-7,11H,2-3,5H2,1H3,(H2,12,13,14,15). The summed E-state index contributed by atoms with van der Waals surface area (Å²) >= 11 is 0. The molecule has 0 bridgehead atoms. The Hall–Kier alpha value is -1.36. The summed E-state index contributed by atoms with van der Waals surface area (Å²) in [4.78, 5) is 17.8. The topological polar surface area (TPSA) is 78.0 Å². The van der Waals surface area contributed by atoms with Crippen LogP contribution in [0.5, 0.6) is 5.88 Å². The summed E-state index contributed by atoms with van der Waals surface area (Å²) in [5.74, 6) is 0.577. The van der Waals surface area contributed by atoms with E-state index in [1.807, 2.05) is 0 Å². The molecule has 0 spiro atoms. The van der Waals surface area contributed by atoms with E-state index in [2.05, 4.69) is 22.2 Å². The highest BCUT2D eigenvalue weighted by Gasteiger charge is 2.21. The predicted octanol–water partition coefficient (Wildman–Crippen LogP) is 0.331. The molecule has 0 aliphatic carbocycles. The lowest BCUT2D eigenvalue weighted by atomic mass is 9.95. The van der Waals surface area contributed by atoms with Gasteiger partial charge in [-0.25, -0.2) is 0 Å². The van der Waals surface area contributed by atoms with Crippen molar-refractivity contribution in [2.45, 2.75) is 31.7 Å². The Kier molecular flexibility index (Phi) is 2.73. The highest BCUT2D eigenvalue weighted by molar-refractivity contribution is 5.10. The number of H-pyrrole nitrogens is 1. The van der Waals surface area contributed by atoms with Crippen molar-refractivity contribution >= 4 is 0 Å². The zero-order valence-electron chi connectivity index (χ0n) is 8.66. The van der Waals surface area contributed by atoms with Gasteiger partial charge in [-0.1, -0.05) is 0 Å². The van der Waals surface area contributed by atoms with Crippen molar-refractivity contribution in [3.63, 3.8) is 0 Å². The first-order valence-corrected chi connectivity index (χ1v) is 5.19. The van der Waals surface area contributed by atoms with Crippen molar-refractivity contribution in [3.8, 4) is 5.88 Å². The van der Waals surface area contributed by atoms with E-state index in [4.69, 9.17) is 0 Å². The zero-order valence-corrected chi connectivity index (χ0v) is 8.66. The molecule has 2 atom stereocenters. The SMILES string of the molecule is CC1CCC(c2nc(O)cc(=O)[nH]2)CN1. The fraction of sp³-hybridized carbons (Fsp3) is 0.600. The van der Waals surface area contributed by atoms with Crippen LogP contribution in [0.2, 0.25) is 0 Å². The first-order valence-electron chi connectivity index (χ1n) is 5.19. The third-order valence-corrected chi connectivity index (χ3v) is 2.79. The Morgan fingerprint density at radius 1 is 1.53 bits per heavy atom. The van der Waals surface area contributed by atoms with Crippen LogP contribution in [0.4, 0.5) is 0 Å². The largest absolute Gasteiger partial charge is 0.493 e. The molecule has 2 rings (SSSR count). The molecule has 1 aromatic rings. The van der Waals surface area contributed by atoms with Crippen LogP contribution in [0.1, 0.15) is 31.5 Å². The molecule has 0 aromatic carbocycles. The van der Waals surface area contributed by atoms with Crippen molar-refractivity contribution < 1.29 is 5.11 Å². The quantitative estimate of drug-likeness (QED) is 0.623. The summed E-state index contributed by atoms with van der Waals surface area (Å²) in [6.45, 7) is 2.93. The fourth-order valence-corrected chi connectivity index (χ4v) is 1.89. The lowest BCUT2D eigenvalue weighted by Gasteiger charge is -2.26. The number of hydrogen-bond acceptors (Lipinski definition) is 4. The van der Waals surface area contributed by atoms with Gasteiger partial charge >= 0.3 is 0 Å². The van der Waals surface area contributed by atoms with Crippen LogP contribution in [-0.4, -0.2) is 27.7 Å². The maximum atomic E-state index is 11.1. The van der Waals surface area contributed by atoms with Crippen LogP contribution in [0.15, 0.2) is 10.9 Å². The molecule has 1 saturated heterocycles. The highest BCUT2D eigenvalue weighted by Crippen LogP contribution is 2.22. The number of aromatic hydroxyl groups is 1. The van der Waals surface area contributed by atoms with Crippen LogP contribution >= 0.6 is 0 Å². The van der Waals surface area contributed by atoms with Crippen molar-refractivity contribution in [3.05, 3.63) is 22.2 Å². The van der Waals surface area contributed by atoms with Crippen LogP contribution in [0.25, 0.3) is 0 Å². The first-order chi connectivity index (χ1) is 7.15. The molecule has 1 fully saturated rings. The number of nitrogens with one attached hydrogen (secondary N) is 2. The highest BCUT2D eigenvalue weighted by atomic mass is 16.3. The minimum absolute atomic E-state index is 0.195. The third kappa shape index (κ3) is 2.36. The zero-order chi connectivity index (χ0) is 10.8. The summed E-state index contributed by atoms with van der Waals surface area (Å²) in [5, 5.41) is 12.6. The molecule has 82 valence electrons. The van der Waals surface area contributed by atoms with E-state index >= 15 is 0 Å². The molecule has 0 saturated carbocycles. The first kappa shape index (κ1) is 10.2. The predicted molar refractivity (Wildman–Crippen MR) is 56.0 cm³/mol. The number of aromatic amines is 1. The van der Waals surface area contributed by atoms with Crippen molar-refractivity contribution in [2.24, 2.45) is 0 Å². The molecule has 5 heteroatoms.